The Hall–Kier alpha value is -3.34. The maximum absolute atomic E-state index is 13.6. The fourth-order valence-corrected chi connectivity index (χ4v) is 4.91. The number of nitrogens with one attached hydrogen (secondary N) is 1. The molecule has 5 nitrogen and oxygen atoms in total. The lowest BCUT2D eigenvalue weighted by molar-refractivity contribution is -0.137. The number of para-hydroxylation sites is 1. The van der Waals surface area contributed by atoms with Gasteiger partial charge in [-0.15, -0.1) is 0 Å². The van der Waals surface area contributed by atoms with E-state index in [2.05, 4.69) is 29.8 Å². The van der Waals surface area contributed by atoms with E-state index in [0.717, 1.165) is 53.5 Å². The molecule has 0 unspecified atom stereocenters. The molecular weight excluding hydrogens is 398 g/mol. The van der Waals surface area contributed by atoms with Crippen LogP contribution >= 0.6 is 0 Å². The number of aryl methyl sites for hydroxylation is 2. The van der Waals surface area contributed by atoms with E-state index in [-0.39, 0.29) is 11.8 Å². The lowest BCUT2D eigenvalue weighted by Gasteiger charge is -2.29. The van der Waals surface area contributed by atoms with Gasteiger partial charge in [0.25, 0.3) is 11.8 Å². The van der Waals surface area contributed by atoms with Gasteiger partial charge in [-0.3, -0.25) is 14.5 Å². The highest BCUT2D eigenvalue weighted by Gasteiger charge is 2.41. The fraction of sp³-hybridized carbons (Fsp3) is 0.333. The Kier molecular flexibility index (Phi) is 5.33. The van der Waals surface area contributed by atoms with Gasteiger partial charge in [0.15, 0.2) is 0 Å². The summed E-state index contributed by atoms with van der Waals surface area (Å²) in [4.78, 5) is 34.1. The minimum atomic E-state index is -0.168. The summed E-state index contributed by atoms with van der Waals surface area (Å²) in [6, 6.07) is 14.2. The van der Waals surface area contributed by atoms with Gasteiger partial charge in [0.05, 0.1) is 5.57 Å². The molecule has 1 fully saturated rings. The number of H-pyrrole nitrogens is 1. The molecule has 5 heteroatoms. The molecule has 0 saturated carbocycles. The molecule has 1 aromatic heterocycles. The van der Waals surface area contributed by atoms with Crippen molar-refractivity contribution in [3.8, 4) is 0 Å². The van der Waals surface area contributed by atoms with Gasteiger partial charge in [0.2, 0.25) is 0 Å². The summed E-state index contributed by atoms with van der Waals surface area (Å²) in [6.45, 7) is 6.16. The van der Waals surface area contributed by atoms with Crippen LogP contribution in [0.15, 0.2) is 54.4 Å². The van der Waals surface area contributed by atoms with Gasteiger partial charge in [-0.05, 0) is 67.9 Å². The van der Waals surface area contributed by atoms with Crippen molar-refractivity contribution in [2.45, 2.75) is 39.5 Å². The molecule has 2 aromatic carbocycles. The number of aromatic amines is 1. The average molecular weight is 428 g/mol. The summed E-state index contributed by atoms with van der Waals surface area (Å²) in [6.07, 6.45) is 5.91. The minimum Gasteiger partial charge on any atom is -0.366 e. The predicted octanol–water partition coefficient (Wildman–Crippen LogP) is 4.59. The monoisotopic (exact) mass is 427 g/mol. The van der Waals surface area contributed by atoms with E-state index in [0.29, 0.717) is 24.2 Å². The van der Waals surface area contributed by atoms with Gasteiger partial charge < -0.3 is 9.88 Å². The molecule has 2 aliphatic heterocycles. The molecule has 32 heavy (non-hydrogen) atoms. The van der Waals surface area contributed by atoms with Crippen LogP contribution in [0.2, 0.25) is 0 Å². The van der Waals surface area contributed by atoms with E-state index in [1.807, 2.05) is 42.6 Å². The quantitative estimate of drug-likeness (QED) is 0.606. The Bertz CT molecular complexity index is 1230. The topological polar surface area (TPSA) is 56.4 Å². The smallest absolute Gasteiger partial charge is 0.277 e. The molecule has 0 radical (unpaired) electrons. The first kappa shape index (κ1) is 20.6. The maximum Gasteiger partial charge on any atom is 0.277 e. The van der Waals surface area contributed by atoms with Crippen molar-refractivity contribution >= 4 is 28.3 Å². The third-order valence-electron chi connectivity index (χ3n) is 6.89. The van der Waals surface area contributed by atoms with Gasteiger partial charge in [-0.2, -0.15) is 0 Å². The summed E-state index contributed by atoms with van der Waals surface area (Å²) in [7, 11) is 0. The molecule has 5 rings (SSSR count). The van der Waals surface area contributed by atoms with Crippen molar-refractivity contribution in [2.75, 3.05) is 19.6 Å². The summed E-state index contributed by atoms with van der Waals surface area (Å²) in [5, 5.41) is 1.14. The second kappa shape index (κ2) is 8.30. The number of hydrogen-bond donors (Lipinski definition) is 1. The largest absolute Gasteiger partial charge is 0.366 e. The summed E-state index contributed by atoms with van der Waals surface area (Å²) < 4.78 is 0. The summed E-state index contributed by atoms with van der Waals surface area (Å²) in [5.41, 5.74) is 6.52. The predicted molar refractivity (Wildman–Crippen MR) is 127 cm³/mol. The van der Waals surface area contributed by atoms with Crippen molar-refractivity contribution in [1.29, 1.82) is 0 Å². The third-order valence-corrected chi connectivity index (χ3v) is 6.89. The second-order valence-corrected chi connectivity index (χ2v) is 8.94. The number of rotatable bonds is 5. The number of hydrogen-bond acceptors (Lipinski definition) is 3. The van der Waals surface area contributed by atoms with Crippen LogP contribution in [0.3, 0.4) is 0 Å². The Morgan fingerprint density at radius 2 is 1.69 bits per heavy atom. The highest BCUT2D eigenvalue weighted by atomic mass is 16.2. The zero-order chi connectivity index (χ0) is 22.2. The van der Waals surface area contributed by atoms with Gasteiger partial charge in [-0.1, -0.05) is 36.4 Å². The first-order valence-electron chi connectivity index (χ1n) is 11.5. The van der Waals surface area contributed by atoms with E-state index < -0.39 is 0 Å². The van der Waals surface area contributed by atoms with Gasteiger partial charge in [-0.25, -0.2) is 0 Å². The van der Waals surface area contributed by atoms with Crippen LogP contribution < -0.4 is 0 Å². The zero-order valence-electron chi connectivity index (χ0n) is 18.8. The number of carbonyl (C=O) groups is 2. The van der Waals surface area contributed by atoms with E-state index in [4.69, 9.17) is 0 Å². The molecule has 3 heterocycles. The zero-order valence-corrected chi connectivity index (χ0v) is 18.8. The van der Waals surface area contributed by atoms with Gasteiger partial charge in [0.1, 0.15) is 5.70 Å². The van der Waals surface area contributed by atoms with E-state index >= 15 is 0 Å². The Morgan fingerprint density at radius 1 is 0.906 bits per heavy atom. The molecule has 164 valence electrons. The van der Waals surface area contributed by atoms with E-state index in [1.54, 1.807) is 0 Å². The standard InChI is InChI=1S/C27H29N3O2/c1-18-10-11-20(16-19(18)2)24-25(29-13-6-3-7-14-29)27(32)30(26(24)31)15-12-21-17-28-23-9-5-4-8-22(21)23/h4-5,8-11,16-17,28H,3,6-7,12-15H2,1-2H3. The van der Waals surface area contributed by atoms with E-state index in [9.17, 15) is 9.59 Å². The molecule has 0 atom stereocenters. The van der Waals surface area contributed by atoms with Crippen molar-refractivity contribution < 1.29 is 9.59 Å². The van der Waals surface area contributed by atoms with Gasteiger partial charge in [0, 0.05) is 36.7 Å². The number of imide groups is 1. The lowest BCUT2D eigenvalue weighted by atomic mass is 9.98. The number of fused-ring (bicyclic) bond motifs is 1. The van der Waals surface area contributed by atoms with Crippen LogP contribution in [0.4, 0.5) is 0 Å². The SMILES string of the molecule is Cc1ccc(C2=C(N3CCCCC3)C(=O)N(CCc3c[nH]c4ccccc34)C2=O)cc1C. The summed E-state index contributed by atoms with van der Waals surface area (Å²) in [5.74, 6) is -0.316. The first-order valence-corrected chi connectivity index (χ1v) is 11.5. The average Bonchev–Trinajstić information content (AvgIpc) is 3.33. The Labute approximate surface area is 188 Å². The first-order chi connectivity index (χ1) is 15.5. The Balaban J connectivity index is 1.47. The van der Waals surface area contributed by atoms with Crippen molar-refractivity contribution in [1.82, 2.24) is 14.8 Å². The number of nitrogens with zero attached hydrogens (tertiary/aromatic N) is 2. The summed E-state index contributed by atoms with van der Waals surface area (Å²) >= 11 is 0. The van der Waals surface area contributed by atoms with Crippen LogP contribution in [0.1, 0.15) is 41.5 Å². The molecule has 1 saturated heterocycles. The number of likely N-dealkylation sites (tertiary alicyclic amines) is 1. The van der Waals surface area contributed by atoms with Crippen molar-refractivity contribution in [3.05, 3.63) is 76.6 Å². The van der Waals surface area contributed by atoms with E-state index in [1.165, 1.54) is 16.9 Å². The molecule has 2 amide bonds. The minimum absolute atomic E-state index is 0.148. The highest BCUT2D eigenvalue weighted by molar-refractivity contribution is 6.35. The molecule has 0 spiro atoms. The van der Waals surface area contributed by atoms with Crippen molar-refractivity contribution in [3.63, 3.8) is 0 Å². The molecular formula is C27H29N3O2. The molecule has 0 aliphatic carbocycles. The lowest BCUT2D eigenvalue weighted by Crippen LogP contribution is -2.38. The van der Waals surface area contributed by atoms with Crippen LogP contribution in [0, 0.1) is 13.8 Å². The van der Waals surface area contributed by atoms with Crippen LogP contribution in [-0.2, 0) is 16.0 Å². The molecule has 2 aliphatic rings. The second-order valence-electron chi connectivity index (χ2n) is 8.94. The number of amides is 2. The molecule has 3 aromatic rings. The number of carbonyl (C=O) groups excluding carboxylic acids is 2. The third kappa shape index (κ3) is 3.52. The van der Waals surface area contributed by atoms with Crippen molar-refractivity contribution in [2.24, 2.45) is 0 Å². The maximum atomic E-state index is 13.6. The number of aromatic nitrogens is 1. The normalized spacial score (nSPS) is 17.2. The van der Waals surface area contributed by atoms with Crippen LogP contribution in [-0.4, -0.2) is 46.2 Å². The molecule has 0 bridgehead atoms. The molecule has 1 N–H and O–H groups in total. The number of benzene rings is 2. The Morgan fingerprint density at radius 3 is 2.47 bits per heavy atom. The van der Waals surface area contributed by atoms with Gasteiger partial charge >= 0.3 is 0 Å². The fourth-order valence-electron chi connectivity index (χ4n) is 4.91. The van der Waals surface area contributed by atoms with Crippen LogP contribution in [0.25, 0.3) is 16.5 Å². The van der Waals surface area contributed by atoms with Crippen LogP contribution in [0.5, 0.6) is 0 Å². The number of piperidine rings is 1. The highest BCUT2D eigenvalue weighted by Crippen LogP contribution is 2.34.